The summed E-state index contributed by atoms with van der Waals surface area (Å²) in [6.45, 7) is 1.10. The van der Waals surface area contributed by atoms with Gasteiger partial charge in [0.05, 0.1) is 17.5 Å². The molecular weight excluding hydrogens is 352 g/mol. The zero-order chi connectivity index (χ0) is 18.7. The van der Waals surface area contributed by atoms with Crippen molar-refractivity contribution >= 4 is 16.0 Å². The van der Waals surface area contributed by atoms with Gasteiger partial charge in [0.1, 0.15) is 0 Å². The van der Waals surface area contributed by atoms with Crippen LogP contribution in [0.5, 0.6) is 0 Å². The van der Waals surface area contributed by atoms with Crippen LogP contribution in [0, 0.1) is 5.92 Å². The highest BCUT2D eigenvalue weighted by atomic mass is 32.2. The third-order valence-electron chi connectivity index (χ3n) is 4.83. The van der Waals surface area contributed by atoms with Crippen molar-refractivity contribution in [3.05, 3.63) is 53.7 Å². The molecular formula is C19H22N2O4S. The van der Waals surface area contributed by atoms with Gasteiger partial charge in [-0.15, -0.1) is 0 Å². The second-order valence-corrected chi connectivity index (χ2v) is 8.69. The van der Waals surface area contributed by atoms with Crippen molar-refractivity contribution in [2.24, 2.45) is 5.92 Å². The molecule has 0 amide bonds. The number of pyridine rings is 1. The van der Waals surface area contributed by atoms with Gasteiger partial charge in [-0.05, 0) is 48.9 Å². The first-order chi connectivity index (χ1) is 12.3. The predicted octanol–water partition coefficient (Wildman–Crippen LogP) is 2.66. The topological polar surface area (TPSA) is 87.6 Å². The summed E-state index contributed by atoms with van der Waals surface area (Å²) >= 11 is 0. The lowest BCUT2D eigenvalue weighted by atomic mass is 9.89. The Labute approximate surface area is 153 Å². The molecule has 7 heteroatoms. The number of rotatable bonds is 5. The first kappa shape index (κ1) is 18.5. The lowest BCUT2D eigenvalue weighted by Crippen LogP contribution is -2.38. The number of nitrogens with zero attached hydrogens (tertiary/aromatic N) is 2. The minimum atomic E-state index is -3.12. The average molecular weight is 374 g/mol. The van der Waals surface area contributed by atoms with E-state index in [4.69, 9.17) is 0 Å². The van der Waals surface area contributed by atoms with E-state index >= 15 is 0 Å². The molecule has 1 aromatic heterocycles. The molecule has 1 aromatic carbocycles. The molecule has 2 heterocycles. The van der Waals surface area contributed by atoms with Crippen LogP contribution < -0.4 is 0 Å². The SMILES string of the molecule is CS(=O)(=O)N1CCC(Cc2cccnc2-c2cccc(C(=O)O)c2)CC1. The number of piperidine rings is 1. The largest absolute Gasteiger partial charge is 0.478 e. The number of aromatic carboxylic acids is 1. The molecule has 138 valence electrons. The van der Waals surface area contributed by atoms with Crippen LogP contribution in [0.15, 0.2) is 42.6 Å². The fourth-order valence-corrected chi connectivity index (χ4v) is 4.29. The highest BCUT2D eigenvalue weighted by Crippen LogP contribution is 2.28. The first-order valence-electron chi connectivity index (χ1n) is 8.57. The molecule has 1 saturated heterocycles. The minimum Gasteiger partial charge on any atom is -0.478 e. The number of carbonyl (C=O) groups is 1. The number of sulfonamides is 1. The number of hydrogen-bond donors (Lipinski definition) is 1. The van der Waals surface area contributed by atoms with Gasteiger partial charge in [0.25, 0.3) is 0 Å². The second-order valence-electron chi connectivity index (χ2n) is 6.71. The van der Waals surface area contributed by atoms with E-state index in [9.17, 15) is 18.3 Å². The van der Waals surface area contributed by atoms with E-state index in [-0.39, 0.29) is 5.56 Å². The molecule has 1 aliphatic rings. The number of carboxylic acid groups (broad SMARTS) is 1. The van der Waals surface area contributed by atoms with Crippen molar-refractivity contribution in [2.45, 2.75) is 19.3 Å². The number of carboxylic acids is 1. The number of benzene rings is 1. The van der Waals surface area contributed by atoms with Crippen molar-refractivity contribution in [1.29, 1.82) is 0 Å². The lowest BCUT2D eigenvalue weighted by molar-refractivity contribution is 0.0697. The summed E-state index contributed by atoms with van der Waals surface area (Å²) in [5.74, 6) is -0.573. The molecule has 0 unspecified atom stereocenters. The predicted molar refractivity (Wildman–Crippen MR) is 99.5 cm³/mol. The Morgan fingerprint density at radius 1 is 1.23 bits per heavy atom. The molecule has 0 bridgehead atoms. The van der Waals surface area contributed by atoms with Gasteiger partial charge in [-0.25, -0.2) is 17.5 Å². The van der Waals surface area contributed by atoms with Crippen molar-refractivity contribution in [1.82, 2.24) is 9.29 Å². The van der Waals surface area contributed by atoms with Crippen LogP contribution >= 0.6 is 0 Å². The maximum Gasteiger partial charge on any atom is 0.335 e. The highest BCUT2D eigenvalue weighted by molar-refractivity contribution is 7.88. The molecule has 0 saturated carbocycles. The van der Waals surface area contributed by atoms with Crippen LogP contribution in [-0.2, 0) is 16.4 Å². The molecule has 0 spiro atoms. The maximum atomic E-state index is 11.6. The zero-order valence-electron chi connectivity index (χ0n) is 14.6. The van der Waals surface area contributed by atoms with Crippen LogP contribution in [0.1, 0.15) is 28.8 Å². The van der Waals surface area contributed by atoms with Crippen LogP contribution in [-0.4, -0.2) is 48.1 Å². The summed E-state index contributed by atoms with van der Waals surface area (Å²) in [5.41, 5.74) is 2.88. The van der Waals surface area contributed by atoms with E-state index < -0.39 is 16.0 Å². The fraction of sp³-hybridized carbons (Fsp3) is 0.368. The average Bonchev–Trinajstić information content (AvgIpc) is 2.62. The van der Waals surface area contributed by atoms with Crippen molar-refractivity contribution in [2.75, 3.05) is 19.3 Å². The summed E-state index contributed by atoms with van der Waals surface area (Å²) in [4.78, 5) is 15.7. The Hall–Kier alpha value is -2.25. The van der Waals surface area contributed by atoms with Crippen molar-refractivity contribution in [3.8, 4) is 11.3 Å². The Bertz CT molecular complexity index is 903. The lowest BCUT2D eigenvalue weighted by Gasteiger charge is -2.30. The van der Waals surface area contributed by atoms with Gasteiger partial charge >= 0.3 is 5.97 Å². The highest BCUT2D eigenvalue weighted by Gasteiger charge is 2.25. The van der Waals surface area contributed by atoms with Gasteiger partial charge in [0.15, 0.2) is 0 Å². The third kappa shape index (κ3) is 4.28. The fourth-order valence-electron chi connectivity index (χ4n) is 3.42. The van der Waals surface area contributed by atoms with E-state index in [1.165, 1.54) is 10.6 Å². The summed E-state index contributed by atoms with van der Waals surface area (Å²) in [7, 11) is -3.12. The Morgan fingerprint density at radius 2 is 1.96 bits per heavy atom. The van der Waals surface area contributed by atoms with Gasteiger partial charge in [0, 0.05) is 24.8 Å². The molecule has 1 aliphatic heterocycles. The molecule has 0 radical (unpaired) electrons. The third-order valence-corrected chi connectivity index (χ3v) is 6.13. The van der Waals surface area contributed by atoms with Crippen LogP contribution in [0.25, 0.3) is 11.3 Å². The molecule has 0 atom stereocenters. The van der Waals surface area contributed by atoms with Crippen molar-refractivity contribution in [3.63, 3.8) is 0 Å². The van der Waals surface area contributed by atoms with Gasteiger partial charge in [-0.1, -0.05) is 18.2 Å². The van der Waals surface area contributed by atoms with E-state index in [1.54, 1.807) is 24.4 Å². The molecule has 6 nitrogen and oxygen atoms in total. The van der Waals surface area contributed by atoms with Gasteiger partial charge in [-0.2, -0.15) is 0 Å². The summed E-state index contributed by atoms with van der Waals surface area (Å²) < 4.78 is 24.8. The summed E-state index contributed by atoms with van der Waals surface area (Å²) in [6, 6.07) is 10.7. The van der Waals surface area contributed by atoms with Gasteiger partial charge < -0.3 is 5.11 Å². The van der Waals surface area contributed by atoms with Gasteiger partial charge in [0.2, 0.25) is 10.0 Å². The number of aromatic nitrogens is 1. The molecule has 1 N–H and O–H groups in total. The Balaban J connectivity index is 1.79. The van der Waals surface area contributed by atoms with E-state index in [2.05, 4.69) is 4.98 Å². The van der Waals surface area contributed by atoms with Crippen LogP contribution in [0.4, 0.5) is 0 Å². The standard InChI is InChI=1S/C19H22N2O4S/c1-26(24,25)21-10-7-14(8-11-21)12-15-6-3-9-20-18(15)16-4-2-5-17(13-16)19(22)23/h2-6,9,13-14H,7-8,10-12H2,1H3,(H,22,23). The zero-order valence-corrected chi connectivity index (χ0v) is 15.4. The maximum absolute atomic E-state index is 11.6. The molecule has 2 aromatic rings. The summed E-state index contributed by atoms with van der Waals surface area (Å²) in [6.07, 6.45) is 5.39. The summed E-state index contributed by atoms with van der Waals surface area (Å²) in [5, 5.41) is 9.20. The Morgan fingerprint density at radius 3 is 2.62 bits per heavy atom. The van der Waals surface area contributed by atoms with Crippen LogP contribution in [0.2, 0.25) is 0 Å². The normalized spacial score (nSPS) is 16.5. The van der Waals surface area contributed by atoms with E-state index in [0.29, 0.717) is 19.0 Å². The molecule has 3 rings (SSSR count). The monoisotopic (exact) mass is 374 g/mol. The molecule has 26 heavy (non-hydrogen) atoms. The second kappa shape index (κ2) is 7.55. The first-order valence-corrected chi connectivity index (χ1v) is 10.4. The minimum absolute atomic E-state index is 0.237. The molecule has 0 aliphatic carbocycles. The van der Waals surface area contributed by atoms with Crippen molar-refractivity contribution < 1.29 is 18.3 Å². The van der Waals surface area contributed by atoms with Gasteiger partial charge in [-0.3, -0.25) is 4.98 Å². The molecule has 1 fully saturated rings. The smallest absolute Gasteiger partial charge is 0.335 e. The Kier molecular flexibility index (Phi) is 5.38. The quantitative estimate of drug-likeness (QED) is 0.869. The number of hydrogen-bond acceptors (Lipinski definition) is 4. The van der Waals surface area contributed by atoms with E-state index in [0.717, 1.165) is 36.1 Å². The van der Waals surface area contributed by atoms with E-state index in [1.807, 2.05) is 18.2 Å². The van der Waals surface area contributed by atoms with Crippen LogP contribution in [0.3, 0.4) is 0 Å².